The minimum Gasteiger partial charge on any atom is -0.353 e. The first-order chi connectivity index (χ1) is 5.35. The number of hydrogen-bond acceptors (Lipinski definition) is 4. The Kier molecular flexibility index (Phi) is 7.83. The third kappa shape index (κ3) is 6.25. The van der Waals surface area contributed by atoms with E-state index in [1.54, 1.807) is 0 Å². The lowest BCUT2D eigenvalue weighted by Crippen LogP contribution is -2.19. The predicted octanol–water partition coefficient (Wildman–Crippen LogP) is 1.27. The van der Waals surface area contributed by atoms with Crippen LogP contribution in [0.5, 0.6) is 0 Å². The third-order valence-electron chi connectivity index (χ3n) is 1.15. The van der Waals surface area contributed by atoms with Crippen LogP contribution in [0.2, 0.25) is 0 Å². The van der Waals surface area contributed by atoms with Crippen LogP contribution in [0, 0.1) is 0 Å². The lowest BCUT2D eigenvalue weighted by molar-refractivity contribution is -0.256. The van der Waals surface area contributed by atoms with E-state index in [1.807, 2.05) is 13.8 Å². The number of ether oxygens (including phenoxy) is 2. The zero-order valence-corrected chi connectivity index (χ0v) is 7.08. The molecule has 4 heteroatoms. The second-order valence-corrected chi connectivity index (χ2v) is 1.96. The summed E-state index contributed by atoms with van der Waals surface area (Å²) in [6.07, 6.45) is 0.301. The highest BCUT2D eigenvalue weighted by molar-refractivity contribution is 4.42. The summed E-state index contributed by atoms with van der Waals surface area (Å²) < 4.78 is 10.3. The summed E-state index contributed by atoms with van der Waals surface area (Å²) in [7, 11) is 0. The highest BCUT2D eigenvalue weighted by Gasteiger charge is 2.06. The summed E-state index contributed by atoms with van der Waals surface area (Å²) >= 11 is 0. The Morgan fingerprint density at radius 1 is 1.18 bits per heavy atom. The van der Waals surface area contributed by atoms with Crippen LogP contribution in [-0.4, -0.2) is 31.4 Å². The molecule has 0 aliphatic heterocycles. The maximum absolute atomic E-state index is 8.04. The van der Waals surface area contributed by atoms with Gasteiger partial charge < -0.3 is 9.47 Å². The van der Waals surface area contributed by atoms with Gasteiger partial charge in [0.1, 0.15) is 0 Å². The molecular weight excluding hydrogens is 148 g/mol. The summed E-state index contributed by atoms with van der Waals surface area (Å²) in [5.74, 6) is 0. The largest absolute Gasteiger partial charge is 0.353 e. The van der Waals surface area contributed by atoms with Crippen LogP contribution >= 0.6 is 0 Å². The molecule has 0 aromatic carbocycles. The summed E-state index contributed by atoms with van der Waals surface area (Å²) in [6, 6.07) is 0. The van der Waals surface area contributed by atoms with Gasteiger partial charge in [0.05, 0.1) is 6.61 Å². The highest BCUT2D eigenvalue weighted by atomic mass is 17.1. The van der Waals surface area contributed by atoms with E-state index in [2.05, 4.69) is 4.89 Å². The minimum absolute atomic E-state index is 0.241. The third-order valence-corrected chi connectivity index (χ3v) is 1.15. The van der Waals surface area contributed by atoms with Crippen molar-refractivity contribution in [3.63, 3.8) is 0 Å². The van der Waals surface area contributed by atoms with Crippen LogP contribution < -0.4 is 0 Å². The molecule has 68 valence electrons. The van der Waals surface area contributed by atoms with E-state index in [0.29, 0.717) is 19.6 Å². The molecule has 0 aliphatic rings. The Balaban J connectivity index is 3.34. The van der Waals surface area contributed by atoms with Gasteiger partial charge in [-0.15, -0.1) is 0 Å². The quantitative estimate of drug-likeness (QED) is 0.349. The van der Waals surface area contributed by atoms with Gasteiger partial charge in [0.25, 0.3) is 0 Å². The van der Waals surface area contributed by atoms with Crippen molar-refractivity contribution < 1.29 is 19.6 Å². The van der Waals surface area contributed by atoms with E-state index in [1.165, 1.54) is 0 Å². The first-order valence-corrected chi connectivity index (χ1v) is 3.84. The molecule has 1 N–H and O–H groups in total. The van der Waals surface area contributed by atoms with Crippen molar-refractivity contribution >= 4 is 0 Å². The lowest BCUT2D eigenvalue weighted by Gasteiger charge is -2.15. The minimum atomic E-state index is -0.253. The van der Waals surface area contributed by atoms with Gasteiger partial charge in [-0.05, 0) is 13.8 Å². The molecule has 0 aromatic heterocycles. The normalized spacial score (nSPS) is 10.9. The molecule has 0 aliphatic carbocycles. The molecule has 0 rings (SSSR count). The maximum Gasteiger partial charge on any atom is 0.159 e. The molecule has 0 saturated carbocycles. The van der Waals surface area contributed by atoms with E-state index in [0.717, 1.165) is 0 Å². The fraction of sp³-hybridized carbons (Fsp3) is 1.00. The van der Waals surface area contributed by atoms with Crippen LogP contribution in [0.25, 0.3) is 0 Å². The van der Waals surface area contributed by atoms with Gasteiger partial charge in [-0.2, -0.15) is 0 Å². The molecular formula is C7H16O4. The maximum atomic E-state index is 8.04. The summed E-state index contributed by atoms with van der Waals surface area (Å²) in [5, 5.41) is 8.04. The van der Waals surface area contributed by atoms with Crippen molar-refractivity contribution in [1.29, 1.82) is 0 Å². The second kappa shape index (κ2) is 7.94. The van der Waals surface area contributed by atoms with Crippen molar-refractivity contribution in [2.45, 2.75) is 26.6 Å². The topological polar surface area (TPSA) is 47.9 Å². The van der Waals surface area contributed by atoms with Gasteiger partial charge in [-0.25, -0.2) is 4.89 Å². The van der Waals surface area contributed by atoms with Crippen LogP contribution in [0.15, 0.2) is 0 Å². The van der Waals surface area contributed by atoms with E-state index >= 15 is 0 Å². The van der Waals surface area contributed by atoms with Gasteiger partial charge >= 0.3 is 0 Å². The first kappa shape index (κ1) is 10.8. The average Bonchev–Trinajstić information content (AvgIpc) is 2.01. The molecule has 0 radical (unpaired) electrons. The Labute approximate surface area is 67.0 Å². The Hall–Kier alpha value is -0.160. The van der Waals surface area contributed by atoms with Crippen molar-refractivity contribution in [2.24, 2.45) is 0 Å². The molecule has 0 saturated heterocycles. The molecule has 0 atom stereocenters. The fourth-order valence-corrected chi connectivity index (χ4v) is 0.735. The van der Waals surface area contributed by atoms with Crippen LogP contribution in [0.4, 0.5) is 0 Å². The van der Waals surface area contributed by atoms with E-state index < -0.39 is 0 Å². The molecule has 0 aromatic rings. The predicted molar refractivity (Wildman–Crippen MR) is 40.2 cm³/mol. The molecule has 4 nitrogen and oxygen atoms in total. The van der Waals surface area contributed by atoms with Crippen molar-refractivity contribution in [1.82, 2.24) is 0 Å². The Bertz CT molecular complexity index is 70.8. The number of rotatable bonds is 7. The first-order valence-electron chi connectivity index (χ1n) is 3.84. The van der Waals surface area contributed by atoms with Crippen molar-refractivity contribution in [2.75, 3.05) is 19.8 Å². The molecule has 0 fully saturated rings. The monoisotopic (exact) mass is 164 g/mol. The second-order valence-electron chi connectivity index (χ2n) is 1.96. The molecule has 11 heavy (non-hydrogen) atoms. The standard InChI is InChI=1S/C7H16O4/c1-3-9-7(10-4-2)5-6-11-8/h7-8H,3-6H2,1-2H3. The Morgan fingerprint density at radius 3 is 2.09 bits per heavy atom. The van der Waals surface area contributed by atoms with Gasteiger partial charge in [-0.1, -0.05) is 0 Å². The van der Waals surface area contributed by atoms with Crippen molar-refractivity contribution in [3.8, 4) is 0 Å². The van der Waals surface area contributed by atoms with Gasteiger partial charge in [-0.3, -0.25) is 5.26 Å². The lowest BCUT2D eigenvalue weighted by atomic mass is 10.4. The number of hydrogen-bond donors (Lipinski definition) is 1. The smallest absolute Gasteiger partial charge is 0.159 e. The molecule has 0 bridgehead atoms. The zero-order valence-electron chi connectivity index (χ0n) is 7.08. The van der Waals surface area contributed by atoms with Gasteiger partial charge in [0.2, 0.25) is 0 Å². The van der Waals surface area contributed by atoms with Crippen molar-refractivity contribution in [3.05, 3.63) is 0 Å². The SMILES string of the molecule is CCOC(CCOO)OCC. The Morgan fingerprint density at radius 2 is 1.73 bits per heavy atom. The summed E-state index contributed by atoms with van der Waals surface area (Å²) in [5.41, 5.74) is 0. The molecule has 0 heterocycles. The molecule has 0 unspecified atom stereocenters. The van der Waals surface area contributed by atoms with E-state index in [-0.39, 0.29) is 12.9 Å². The summed E-state index contributed by atoms with van der Waals surface area (Å²) in [4.78, 5) is 3.90. The van der Waals surface area contributed by atoms with Crippen LogP contribution in [-0.2, 0) is 14.4 Å². The van der Waals surface area contributed by atoms with Gasteiger partial charge in [0.15, 0.2) is 6.29 Å². The van der Waals surface area contributed by atoms with E-state index in [9.17, 15) is 0 Å². The highest BCUT2D eigenvalue weighted by Crippen LogP contribution is 2.00. The van der Waals surface area contributed by atoms with Crippen LogP contribution in [0.1, 0.15) is 20.3 Å². The van der Waals surface area contributed by atoms with Crippen LogP contribution in [0.3, 0.4) is 0 Å². The molecule has 0 spiro atoms. The zero-order chi connectivity index (χ0) is 8.53. The molecule has 0 amide bonds. The van der Waals surface area contributed by atoms with Gasteiger partial charge in [0, 0.05) is 19.6 Å². The fourth-order valence-electron chi connectivity index (χ4n) is 0.735. The average molecular weight is 164 g/mol. The van der Waals surface area contributed by atoms with E-state index in [4.69, 9.17) is 14.7 Å². The summed E-state index contributed by atoms with van der Waals surface area (Å²) in [6.45, 7) is 5.24.